The number of hydrogen-bond donors (Lipinski definition) is 1. The van der Waals surface area contributed by atoms with Crippen LogP contribution in [0.1, 0.15) is 23.3 Å². The van der Waals surface area contributed by atoms with Crippen LogP contribution in [0.5, 0.6) is 0 Å². The van der Waals surface area contributed by atoms with E-state index in [1.54, 1.807) is 61.5 Å². The van der Waals surface area contributed by atoms with Crippen LogP contribution in [-0.4, -0.2) is 91.9 Å². The minimum absolute atomic E-state index is 0.00333. The Bertz CT molecular complexity index is 1470. The number of carbonyl (C=O) groups excluding carboxylic acids is 2. The number of aromatic nitrogens is 1. The number of hydrogen-bond acceptors (Lipinski definition) is 7. The standard InChI is InChI=1S/C28H32ClN5O5S/c1-32(19-9-8-14-30-16-19)27(35)22-17-34(40(37,38)20-10-4-3-5-11-20)18-25(22)33(2)28(36)24-15-26(39-31-24)21-12-6-7-13-23(21)29/h3-7,10-13,15,19,22,25,30H,8-9,14,16-18H2,1-2H3/t19-,22-,25-/m0/s1. The van der Waals surface area contributed by atoms with E-state index < -0.39 is 27.9 Å². The number of rotatable bonds is 7. The second kappa shape index (κ2) is 11.7. The molecule has 3 atom stereocenters. The van der Waals surface area contributed by atoms with Gasteiger partial charge in [-0.05, 0) is 43.7 Å². The Morgan fingerprint density at radius 1 is 1.05 bits per heavy atom. The topological polar surface area (TPSA) is 116 Å². The molecule has 2 aliphatic heterocycles. The van der Waals surface area contributed by atoms with E-state index in [-0.39, 0.29) is 35.6 Å². The van der Waals surface area contributed by atoms with Crippen LogP contribution in [0.4, 0.5) is 0 Å². The first-order valence-corrected chi connectivity index (χ1v) is 15.0. The van der Waals surface area contributed by atoms with Gasteiger partial charge in [-0.15, -0.1) is 0 Å². The van der Waals surface area contributed by atoms with Crippen molar-refractivity contribution in [2.24, 2.45) is 5.92 Å². The van der Waals surface area contributed by atoms with E-state index in [0.717, 1.165) is 19.4 Å². The first-order chi connectivity index (χ1) is 19.2. The molecule has 2 aliphatic rings. The summed E-state index contributed by atoms with van der Waals surface area (Å²) in [7, 11) is -0.568. The number of piperidine rings is 1. The van der Waals surface area contributed by atoms with Gasteiger partial charge in [-0.2, -0.15) is 4.31 Å². The van der Waals surface area contributed by atoms with Crippen molar-refractivity contribution in [3.63, 3.8) is 0 Å². The molecule has 0 unspecified atom stereocenters. The minimum Gasteiger partial charge on any atom is -0.355 e. The highest BCUT2D eigenvalue weighted by Gasteiger charge is 2.47. The van der Waals surface area contributed by atoms with Crippen LogP contribution in [0.15, 0.2) is 70.1 Å². The number of carbonyl (C=O) groups is 2. The molecule has 0 saturated carbocycles. The molecule has 1 aromatic heterocycles. The van der Waals surface area contributed by atoms with Crippen LogP contribution in [0.2, 0.25) is 5.02 Å². The summed E-state index contributed by atoms with van der Waals surface area (Å²) in [5, 5.41) is 7.73. The van der Waals surface area contributed by atoms with Crippen LogP contribution in [0.3, 0.4) is 0 Å². The molecule has 1 N–H and O–H groups in total. The van der Waals surface area contributed by atoms with Gasteiger partial charge in [0.2, 0.25) is 15.9 Å². The predicted octanol–water partition coefficient (Wildman–Crippen LogP) is 2.97. The highest BCUT2D eigenvalue weighted by atomic mass is 35.5. The second-order valence-corrected chi connectivity index (χ2v) is 12.6. The summed E-state index contributed by atoms with van der Waals surface area (Å²) in [5.74, 6) is -1.10. The molecule has 3 aromatic rings. The van der Waals surface area contributed by atoms with Crippen molar-refractivity contribution in [1.29, 1.82) is 0 Å². The van der Waals surface area contributed by atoms with Crippen LogP contribution >= 0.6 is 11.6 Å². The van der Waals surface area contributed by atoms with Crippen molar-refractivity contribution in [3.05, 3.63) is 71.4 Å². The Labute approximate surface area is 238 Å². The van der Waals surface area contributed by atoms with E-state index in [9.17, 15) is 18.0 Å². The molecule has 5 rings (SSSR count). The maximum absolute atomic E-state index is 13.8. The molecule has 0 aliphatic carbocycles. The molecule has 2 aromatic carbocycles. The molecule has 12 heteroatoms. The van der Waals surface area contributed by atoms with E-state index in [1.165, 1.54) is 27.4 Å². The maximum Gasteiger partial charge on any atom is 0.276 e. The van der Waals surface area contributed by atoms with Gasteiger partial charge in [0.1, 0.15) is 0 Å². The van der Waals surface area contributed by atoms with Crippen LogP contribution in [0.25, 0.3) is 11.3 Å². The van der Waals surface area contributed by atoms with Crippen molar-refractivity contribution >= 4 is 33.4 Å². The van der Waals surface area contributed by atoms with Crippen LogP contribution in [0, 0.1) is 5.92 Å². The highest BCUT2D eigenvalue weighted by Crippen LogP contribution is 2.32. The predicted molar refractivity (Wildman–Crippen MR) is 150 cm³/mol. The monoisotopic (exact) mass is 585 g/mol. The lowest BCUT2D eigenvalue weighted by molar-refractivity contribution is -0.137. The fourth-order valence-electron chi connectivity index (χ4n) is 5.43. The Morgan fingerprint density at radius 2 is 1.77 bits per heavy atom. The molecule has 0 spiro atoms. The number of nitrogens with zero attached hydrogens (tertiary/aromatic N) is 4. The average Bonchev–Trinajstić information content (AvgIpc) is 3.66. The Hall–Kier alpha value is -3.25. The van der Waals surface area contributed by atoms with Gasteiger partial charge in [0.05, 0.1) is 21.9 Å². The van der Waals surface area contributed by atoms with Crippen molar-refractivity contribution in [3.8, 4) is 11.3 Å². The van der Waals surface area contributed by atoms with Gasteiger partial charge < -0.3 is 19.6 Å². The molecular weight excluding hydrogens is 554 g/mol. The summed E-state index contributed by atoms with van der Waals surface area (Å²) < 4.78 is 33.8. The number of benzene rings is 2. The molecule has 3 heterocycles. The fraction of sp³-hybridized carbons (Fsp3) is 0.393. The van der Waals surface area contributed by atoms with Gasteiger partial charge in [-0.3, -0.25) is 9.59 Å². The summed E-state index contributed by atoms with van der Waals surface area (Å²) in [5.41, 5.74) is 0.632. The maximum atomic E-state index is 13.8. The number of likely N-dealkylation sites (N-methyl/N-ethyl adjacent to an activating group) is 2. The molecule has 212 valence electrons. The third-order valence-corrected chi connectivity index (χ3v) is 9.98. The lowest BCUT2D eigenvalue weighted by Gasteiger charge is -2.35. The zero-order valence-electron chi connectivity index (χ0n) is 22.4. The minimum atomic E-state index is -3.89. The number of halogens is 1. The third-order valence-electron chi connectivity index (χ3n) is 7.81. The molecule has 10 nitrogen and oxygen atoms in total. The molecule has 2 saturated heterocycles. The zero-order chi connectivity index (χ0) is 28.4. The van der Waals surface area contributed by atoms with Crippen molar-refractivity contribution in [1.82, 2.24) is 24.6 Å². The average molecular weight is 586 g/mol. The van der Waals surface area contributed by atoms with E-state index in [4.69, 9.17) is 16.1 Å². The molecule has 2 amide bonds. The van der Waals surface area contributed by atoms with Gasteiger partial charge in [0.25, 0.3) is 5.91 Å². The fourth-order valence-corrected chi connectivity index (χ4v) is 7.16. The van der Waals surface area contributed by atoms with Gasteiger partial charge in [-0.25, -0.2) is 8.42 Å². The molecular formula is C28H32ClN5O5S. The SMILES string of the molecule is CN(C(=O)[C@H]1CN(S(=O)(=O)c2ccccc2)C[C@@H]1N(C)C(=O)c1cc(-c2ccccc2Cl)on1)[C@H]1CCCNC1. The number of amides is 2. The molecule has 40 heavy (non-hydrogen) atoms. The summed E-state index contributed by atoms with van der Waals surface area (Å²) in [6, 6.07) is 16.0. The van der Waals surface area contributed by atoms with Gasteiger partial charge in [0.15, 0.2) is 11.5 Å². The third kappa shape index (κ3) is 5.51. The van der Waals surface area contributed by atoms with E-state index in [2.05, 4.69) is 10.5 Å². The summed E-state index contributed by atoms with van der Waals surface area (Å²) >= 11 is 6.28. The Morgan fingerprint density at radius 3 is 2.48 bits per heavy atom. The number of sulfonamides is 1. The van der Waals surface area contributed by atoms with Crippen molar-refractivity contribution < 1.29 is 22.5 Å². The molecule has 0 radical (unpaired) electrons. The smallest absolute Gasteiger partial charge is 0.276 e. The van der Waals surface area contributed by atoms with Gasteiger partial charge in [-0.1, -0.05) is 47.1 Å². The van der Waals surface area contributed by atoms with Crippen molar-refractivity contribution in [2.45, 2.75) is 29.8 Å². The van der Waals surface area contributed by atoms with Crippen LogP contribution < -0.4 is 5.32 Å². The van der Waals surface area contributed by atoms with E-state index in [1.807, 2.05) is 0 Å². The molecule has 0 bridgehead atoms. The largest absolute Gasteiger partial charge is 0.355 e. The van der Waals surface area contributed by atoms with Gasteiger partial charge >= 0.3 is 0 Å². The van der Waals surface area contributed by atoms with Gasteiger partial charge in [0, 0.05) is 51.4 Å². The summed E-state index contributed by atoms with van der Waals surface area (Å²) in [4.78, 5) is 30.7. The number of nitrogens with one attached hydrogen (secondary N) is 1. The first-order valence-electron chi connectivity index (χ1n) is 13.2. The quantitative estimate of drug-likeness (QED) is 0.453. The summed E-state index contributed by atoms with van der Waals surface area (Å²) in [6.07, 6.45) is 1.81. The second-order valence-electron chi connectivity index (χ2n) is 10.2. The van der Waals surface area contributed by atoms with Crippen molar-refractivity contribution in [2.75, 3.05) is 40.3 Å². The Kier molecular flexibility index (Phi) is 8.27. The first kappa shape index (κ1) is 28.3. The highest BCUT2D eigenvalue weighted by molar-refractivity contribution is 7.89. The Balaban J connectivity index is 1.43. The van der Waals surface area contributed by atoms with E-state index in [0.29, 0.717) is 22.9 Å². The summed E-state index contributed by atoms with van der Waals surface area (Å²) in [6.45, 7) is 1.51. The van der Waals surface area contributed by atoms with Crippen LogP contribution in [-0.2, 0) is 14.8 Å². The zero-order valence-corrected chi connectivity index (χ0v) is 23.9. The lowest BCUT2D eigenvalue weighted by Crippen LogP contribution is -2.52. The molecule has 2 fully saturated rings. The van der Waals surface area contributed by atoms with E-state index >= 15 is 0 Å². The normalized spacial score (nSPS) is 21.7. The lowest BCUT2D eigenvalue weighted by atomic mass is 9.98.